The summed E-state index contributed by atoms with van der Waals surface area (Å²) in [5, 5.41) is 0.758. The van der Waals surface area contributed by atoms with Gasteiger partial charge in [-0.15, -0.1) is 0 Å². The molecule has 0 bridgehead atoms. The van der Waals surface area contributed by atoms with E-state index in [4.69, 9.17) is 0 Å². The van der Waals surface area contributed by atoms with Gasteiger partial charge in [-0.2, -0.15) is 0 Å². The molecule has 0 N–H and O–H groups in total. The van der Waals surface area contributed by atoms with Gasteiger partial charge in [-0.1, -0.05) is 85.3 Å². The van der Waals surface area contributed by atoms with Gasteiger partial charge in [0.2, 0.25) is 0 Å². The maximum absolute atomic E-state index is 2.59. The first-order valence-corrected chi connectivity index (χ1v) is 6.41. The van der Waals surface area contributed by atoms with Crippen molar-refractivity contribution >= 4 is 7.28 Å². The lowest BCUT2D eigenvalue weighted by Crippen LogP contribution is -2.28. The van der Waals surface area contributed by atoms with E-state index in [1.165, 1.54) is 19.3 Å². The van der Waals surface area contributed by atoms with Crippen LogP contribution in [0.3, 0.4) is 0 Å². The van der Waals surface area contributed by atoms with E-state index in [-0.39, 0.29) is 0 Å². The van der Waals surface area contributed by atoms with Gasteiger partial charge in [0.05, 0.1) is 0 Å². The molecule has 0 aromatic heterocycles. The molecule has 0 aliphatic carbocycles. The van der Waals surface area contributed by atoms with Crippen LogP contribution in [-0.4, -0.2) is 7.28 Å². The SMILES string of the molecule is CCC(C)([B]C(C)(C)CC(C)(C)C)CC. The summed E-state index contributed by atoms with van der Waals surface area (Å²) in [6.45, 7) is 18.7. The Hall–Kier alpha value is 0.0649. The first-order valence-electron chi connectivity index (χ1n) is 6.41. The van der Waals surface area contributed by atoms with Crippen LogP contribution in [0.2, 0.25) is 10.6 Å². The lowest BCUT2D eigenvalue weighted by atomic mass is 9.37. The molecule has 0 nitrogen and oxygen atoms in total. The van der Waals surface area contributed by atoms with E-state index in [2.05, 4.69) is 62.7 Å². The molecule has 0 amide bonds. The molecule has 0 atom stereocenters. The molecule has 0 saturated carbocycles. The maximum atomic E-state index is 2.59. The molecule has 0 saturated heterocycles. The van der Waals surface area contributed by atoms with E-state index in [1.807, 2.05) is 0 Å². The third-order valence-corrected chi connectivity index (χ3v) is 3.34. The zero-order chi connectivity index (χ0) is 12.3. The molecule has 0 fully saturated rings. The van der Waals surface area contributed by atoms with Crippen molar-refractivity contribution in [2.75, 3.05) is 0 Å². The van der Waals surface area contributed by atoms with Crippen molar-refractivity contribution in [2.24, 2.45) is 5.41 Å². The fourth-order valence-electron chi connectivity index (χ4n) is 2.82. The highest BCUT2D eigenvalue weighted by atomic mass is 14.3. The fourth-order valence-corrected chi connectivity index (χ4v) is 2.82. The summed E-state index contributed by atoms with van der Waals surface area (Å²) in [5.41, 5.74) is 0.419. The van der Waals surface area contributed by atoms with Crippen LogP contribution in [0.25, 0.3) is 0 Å². The topological polar surface area (TPSA) is 0 Å². The Bertz CT molecular complexity index is 182. The highest BCUT2D eigenvalue weighted by molar-refractivity contribution is 6.43. The highest BCUT2D eigenvalue weighted by Gasteiger charge is 2.33. The quantitative estimate of drug-likeness (QED) is 0.537. The zero-order valence-corrected chi connectivity index (χ0v) is 12.2. The van der Waals surface area contributed by atoms with Crippen LogP contribution >= 0.6 is 0 Å². The van der Waals surface area contributed by atoms with Gasteiger partial charge in [-0.3, -0.25) is 0 Å². The van der Waals surface area contributed by atoms with Gasteiger partial charge >= 0.3 is 0 Å². The molecule has 0 heterocycles. The van der Waals surface area contributed by atoms with Gasteiger partial charge in [-0.25, -0.2) is 0 Å². The highest BCUT2D eigenvalue weighted by Crippen LogP contribution is 2.46. The molecule has 0 aliphatic rings. The van der Waals surface area contributed by atoms with Gasteiger partial charge in [0.15, 0.2) is 0 Å². The van der Waals surface area contributed by atoms with Crippen LogP contribution in [0.4, 0.5) is 0 Å². The maximum Gasteiger partial charge on any atom is 0.125 e. The number of rotatable bonds is 5. The van der Waals surface area contributed by atoms with Crippen molar-refractivity contribution in [3.05, 3.63) is 0 Å². The predicted molar refractivity (Wildman–Crippen MR) is 72.8 cm³/mol. The normalized spacial score (nSPS) is 14.1. The Kier molecular flexibility index (Phi) is 4.95. The second kappa shape index (κ2) is 4.93. The van der Waals surface area contributed by atoms with Crippen LogP contribution < -0.4 is 0 Å². The Morgan fingerprint density at radius 2 is 1.20 bits per heavy atom. The van der Waals surface area contributed by atoms with E-state index in [9.17, 15) is 0 Å². The minimum atomic E-state index is 0.346. The molecule has 89 valence electrons. The van der Waals surface area contributed by atoms with Gasteiger partial charge in [0.25, 0.3) is 0 Å². The Morgan fingerprint density at radius 1 is 0.800 bits per heavy atom. The molecule has 1 radical (unpaired) electrons. The van der Waals surface area contributed by atoms with Crippen molar-refractivity contribution in [1.82, 2.24) is 0 Å². The average molecular weight is 209 g/mol. The van der Waals surface area contributed by atoms with Crippen molar-refractivity contribution in [3.8, 4) is 0 Å². The third kappa shape index (κ3) is 6.27. The van der Waals surface area contributed by atoms with Crippen LogP contribution in [0.1, 0.15) is 74.7 Å². The lowest BCUT2D eigenvalue weighted by Gasteiger charge is -2.39. The van der Waals surface area contributed by atoms with Crippen molar-refractivity contribution in [3.63, 3.8) is 0 Å². The van der Waals surface area contributed by atoms with E-state index < -0.39 is 0 Å². The van der Waals surface area contributed by atoms with Crippen LogP contribution in [-0.2, 0) is 0 Å². The van der Waals surface area contributed by atoms with E-state index in [1.54, 1.807) is 0 Å². The summed E-state index contributed by atoms with van der Waals surface area (Å²) in [6, 6.07) is 0. The second-order valence-electron chi connectivity index (χ2n) is 7.23. The molecule has 0 aliphatic heterocycles. The van der Waals surface area contributed by atoms with E-state index in [0.717, 1.165) is 0 Å². The Labute approximate surface area is 98.5 Å². The molecule has 0 spiro atoms. The standard InChI is InChI=1S/C14H30B/c1-9-14(8,10-2)15-13(6,7)11-12(3,4)5/h9-11H2,1-8H3. The molecule has 0 aromatic rings. The summed E-state index contributed by atoms with van der Waals surface area (Å²) in [7, 11) is 2.59. The third-order valence-electron chi connectivity index (χ3n) is 3.34. The average Bonchev–Trinajstić information content (AvgIpc) is 1.98. The molecule has 0 unspecified atom stereocenters. The summed E-state index contributed by atoms with van der Waals surface area (Å²) in [4.78, 5) is 0. The minimum absolute atomic E-state index is 0.346. The van der Waals surface area contributed by atoms with Gasteiger partial charge in [0, 0.05) is 0 Å². The number of hydrogen-bond acceptors (Lipinski definition) is 0. The fraction of sp³-hybridized carbons (Fsp3) is 1.00. The zero-order valence-electron chi connectivity index (χ0n) is 12.2. The first-order chi connectivity index (χ1) is 6.54. The summed E-state index contributed by atoms with van der Waals surface area (Å²) >= 11 is 0. The van der Waals surface area contributed by atoms with Gasteiger partial charge in [-0.05, 0) is 5.41 Å². The van der Waals surface area contributed by atoms with E-state index >= 15 is 0 Å². The van der Waals surface area contributed by atoms with Crippen molar-refractivity contribution < 1.29 is 0 Å². The lowest BCUT2D eigenvalue weighted by molar-refractivity contribution is 0.323. The summed E-state index contributed by atoms with van der Waals surface area (Å²) < 4.78 is 0. The van der Waals surface area contributed by atoms with Gasteiger partial charge in [0.1, 0.15) is 7.28 Å². The summed E-state index contributed by atoms with van der Waals surface area (Å²) in [6.07, 6.45) is 3.75. The monoisotopic (exact) mass is 209 g/mol. The Balaban J connectivity index is 4.49. The van der Waals surface area contributed by atoms with E-state index in [0.29, 0.717) is 16.0 Å². The van der Waals surface area contributed by atoms with Crippen LogP contribution in [0.5, 0.6) is 0 Å². The van der Waals surface area contributed by atoms with Crippen LogP contribution in [0.15, 0.2) is 0 Å². The van der Waals surface area contributed by atoms with Crippen molar-refractivity contribution in [2.45, 2.75) is 85.3 Å². The number of hydrogen-bond donors (Lipinski definition) is 0. The molecule has 0 aromatic carbocycles. The van der Waals surface area contributed by atoms with Crippen LogP contribution in [0, 0.1) is 5.41 Å². The predicted octanol–water partition coefficient (Wildman–Crippen LogP) is 5.32. The molecule has 0 rings (SSSR count). The minimum Gasteiger partial charge on any atom is -0.0671 e. The van der Waals surface area contributed by atoms with Crippen molar-refractivity contribution in [1.29, 1.82) is 0 Å². The first kappa shape index (κ1) is 15.1. The molecular formula is C14H30B. The molecule has 15 heavy (non-hydrogen) atoms. The molecular weight excluding hydrogens is 179 g/mol. The molecule has 1 heteroatoms. The smallest absolute Gasteiger partial charge is 0.0671 e. The second-order valence-corrected chi connectivity index (χ2v) is 7.23. The Morgan fingerprint density at radius 3 is 1.47 bits per heavy atom. The van der Waals surface area contributed by atoms with Gasteiger partial charge < -0.3 is 0 Å². The largest absolute Gasteiger partial charge is 0.125 e. The summed E-state index contributed by atoms with van der Waals surface area (Å²) in [5.74, 6) is 0.